The van der Waals surface area contributed by atoms with E-state index in [-0.39, 0.29) is 30.2 Å². The van der Waals surface area contributed by atoms with Crippen molar-refractivity contribution in [1.82, 2.24) is 15.5 Å². The van der Waals surface area contributed by atoms with Gasteiger partial charge in [-0.15, -0.1) is 0 Å². The topological polar surface area (TPSA) is 134 Å². The molecule has 0 bridgehead atoms. The molecule has 10 nitrogen and oxygen atoms in total. The number of fused-ring (bicyclic) bond motifs is 1. The van der Waals surface area contributed by atoms with Gasteiger partial charge in [-0.25, -0.2) is 4.39 Å². The lowest BCUT2D eigenvalue weighted by molar-refractivity contribution is -0.155. The molecular weight excluding hydrogens is 449 g/mol. The number of methoxy groups -OCH3 is 1. The fourth-order valence-corrected chi connectivity index (χ4v) is 4.59. The van der Waals surface area contributed by atoms with Crippen molar-refractivity contribution >= 4 is 23.7 Å². The number of rotatable bonds is 5. The number of benzene rings is 1. The Hall–Kier alpha value is -3.47. The molecule has 2 fully saturated rings. The maximum atomic E-state index is 14.0. The highest BCUT2D eigenvalue weighted by molar-refractivity contribution is 5.99. The predicted molar refractivity (Wildman–Crippen MR) is 115 cm³/mol. The maximum absolute atomic E-state index is 14.0. The molecule has 3 heterocycles. The Balaban J connectivity index is 1.49. The molecule has 34 heavy (non-hydrogen) atoms. The third-order valence-electron chi connectivity index (χ3n) is 6.33. The smallest absolute Gasteiger partial charge is 0.310 e. The minimum Gasteiger partial charge on any atom is -0.494 e. The summed E-state index contributed by atoms with van der Waals surface area (Å²) >= 11 is 0. The van der Waals surface area contributed by atoms with Crippen LogP contribution in [-0.4, -0.2) is 71.3 Å². The second kappa shape index (κ2) is 9.80. The van der Waals surface area contributed by atoms with E-state index in [0.29, 0.717) is 19.3 Å². The van der Waals surface area contributed by atoms with Gasteiger partial charge in [-0.1, -0.05) is 12.2 Å². The third-order valence-corrected chi connectivity index (χ3v) is 6.33. The quantitative estimate of drug-likeness (QED) is 0.414. The molecule has 0 saturated carbocycles. The molecular formula is C23H26FN3O7. The standard InChI is InChI=1S/C23H26FN3O7/c1-33-18-9-6-12(10-14(18)24)20(29)25-15-5-3-2-4-13-7-8-17(27(13)22(15)31)21(30)26-16-11-19(28)34-23(16)32/h2-3,6,9-10,13,15-17,23,32H,4-5,7-8,11H2,1H3,(H,25,29)(H,26,30)/t13-,15+,16?,17+,23?/m1/s1. The minimum atomic E-state index is -1.43. The molecule has 3 amide bonds. The molecule has 0 aromatic heterocycles. The second-order valence-corrected chi connectivity index (χ2v) is 8.51. The average Bonchev–Trinajstić information content (AvgIpc) is 3.36. The number of carbonyl (C=O) groups excluding carboxylic acids is 4. The Bertz CT molecular complexity index is 1030. The van der Waals surface area contributed by atoms with Crippen LogP contribution in [0.2, 0.25) is 0 Å². The number of nitrogens with one attached hydrogen (secondary N) is 2. The predicted octanol–water partition coefficient (Wildman–Crippen LogP) is 0.392. The molecule has 2 unspecified atom stereocenters. The van der Waals surface area contributed by atoms with Crippen molar-refractivity contribution in [3.8, 4) is 5.75 Å². The number of halogens is 1. The van der Waals surface area contributed by atoms with Crippen molar-refractivity contribution in [3.63, 3.8) is 0 Å². The molecule has 1 aromatic rings. The van der Waals surface area contributed by atoms with Crippen LogP contribution in [-0.2, 0) is 19.1 Å². The van der Waals surface area contributed by atoms with Crippen molar-refractivity contribution in [2.24, 2.45) is 0 Å². The van der Waals surface area contributed by atoms with E-state index in [1.807, 2.05) is 6.08 Å². The molecule has 3 aliphatic rings. The first-order valence-electron chi connectivity index (χ1n) is 11.1. The Morgan fingerprint density at radius 2 is 1.94 bits per heavy atom. The molecule has 3 aliphatic heterocycles. The lowest BCUT2D eigenvalue weighted by atomic mass is 10.0. The van der Waals surface area contributed by atoms with E-state index in [1.54, 1.807) is 6.08 Å². The molecule has 0 spiro atoms. The lowest BCUT2D eigenvalue weighted by Crippen LogP contribution is -2.57. The molecule has 2 saturated heterocycles. The van der Waals surface area contributed by atoms with Crippen LogP contribution in [0.15, 0.2) is 30.4 Å². The van der Waals surface area contributed by atoms with Gasteiger partial charge < -0.3 is 30.1 Å². The van der Waals surface area contributed by atoms with Gasteiger partial charge >= 0.3 is 5.97 Å². The number of esters is 1. The van der Waals surface area contributed by atoms with Gasteiger partial charge in [0.15, 0.2) is 11.6 Å². The van der Waals surface area contributed by atoms with Crippen molar-refractivity contribution in [1.29, 1.82) is 0 Å². The summed E-state index contributed by atoms with van der Waals surface area (Å²) in [6.45, 7) is 0. The number of ether oxygens (including phenoxy) is 2. The van der Waals surface area contributed by atoms with Crippen LogP contribution in [0.5, 0.6) is 5.75 Å². The van der Waals surface area contributed by atoms with E-state index in [1.165, 1.54) is 24.1 Å². The maximum Gasteiger partial charge on any atom is 0.310 e. The van der Waals surface area contributed by atoms with Crippen molar-refractivity contribution in [3.05, 3.63) is 41.7 Å². The zero-order valence-electron chi connectivity index (χ0n) is 18.5. The van der Waals surface area contributed by atoms with Gasteiger partial charge in [-0.2, -0.15) is 0 Å². The summed E-state index contributed by atoms with van der Waals surface area (Å²) in [7, 11) is 1.31. The number of cyclic esters (lactones) is 1. The molecule has 11 heteroatoms. The number of aliphatic hydroxyl groups excluding tert-OH is 1. The number of hydrogen-bond donors (Lipinski definition) is 3. The van der Waals surface area contributed by atoms with Crippen LogP contribution in [0.1, 0.15) is 42.5 Å². The van der Waals surface area contributed by atoms with Crippen molar-refractivity contribution in [2.45, 2.75) is 62.6 Å². The first-order chi connectivity index (χ1) is 16.3. The number of hydrogen-bond acceptors (Lipinski definition) is 7. The van der Waals surface area contributed by atoms with Crippen LogP contribution in [0.3, 0.4) is 0 Å². The Kier molecular flexibility index (Phi) is 6.82. The van der Waals surface area contributed by atoms with E-state index in [4.69, 9.17) is 4.74 Å². The van der Waals surface area contributed by atoms with Gasteiger partial charge in [0.05, 0.1) is 13.5 Å². The van der Waals surface area contributed by atoms with Gasteiger partial charge in [0, 0.05) is 11.6 Å². The summed E-state index contributed by atoms with van der Waals surface area (Å²) < 4.78 is 23.6. The fraction of sp³-hybridized carbons (Fsp3) is 0.478. The van der Waals surface area contributed by atoms with Crippen LogP contribution in [0.4, 0.5) is 4.39 Å². The van der Waals surface area contributed by atoms with Gasteiger partial charge in [0.25, 0.3) is 5.91 Å². The molecule has 182 valence electrons. The first-order valence-corrected chi connectivity index (χ1v) is 11.1. The monoisotopic (exact) mass is 475 g/mol. The third kappa shape index (κ3) is 4.74. The highest BCUT2D eigenvalue weighted by atomic mass is 19.1. The molecule has 4 rings (SSSR count). The highest BCUT2D eigenvalue weighted by Gasteiger charge is 2.45. The molecule has 5 atom stereocenters. The van der Waals surface area contributed by atoms with Gasteiger partial charge in [-0.05, 0) is 43.9 Å². The number of aliphatic hydroxyl groups is 1. The largest absolute Gasteiger partial charge is 0.494 e. The van der Waals surface area contributed by atoms with E-state index in [0.717, 1.165) is 6.07 Å². The molecule has 0 aliphatic carbocycles. The summed E-state index contributed by atoms with van der Waals surface area (Å²) in [6, 6.07) is 0.867. The zero-order valence-corrected chi connectivity index (χ0v) is 18.5. The average molecular weight is 475 g/mol. The van der Waals surface area contributed by atoms with Gasteiger partial charge in [0.2, 0.25) is 18.1 Å². The Morgan fingerprint density at radius 3 is 2.62 bits per heavy atom. The van der Waals surface area contributed by atoms with Crippen LogP contribution in [0, 0.1) is 5.82 Å². The zero-order chi connectivity index (χ0) is 24.4. The SMILES string of the molecule is COc1ccc(C(=O)N[C@H]2CC=CC[C@@H]3CC[C@@H](C(=O)NC4CC(=O)OC4O)N3C2=O)cc1F. The summed E-state index contributed by atoms with van der Waals surface area (Å²) in [5.74, 6) is -2.87. The highest BCUT2D eigenvalue weighted by Crippen LogP contribution is 2.30. The van der Waals surface area contributed by atoms with Crippen LogP contribution >= 0.6 is 0 Å². The second-order valence-electron chi connectivity index (χ2n) is 8.51. The number of carbonyl (C=O) groups is 4. The Morgan fingerprint density at radius 1 is 1.18 bits per heavy atom. The van der Waals surface area contributed by atoms with Crippen molar-refractivity contribution < 1.29 is 38.1 Å². The normalized spacial score (nSPS) is 28.6. The minimum absolute atomic E-state index is 0.00485. The van der Waals surface area contributed by atoms with E-state index in [9.17, 15) is 28.7 Å². The van der Waals surface area contributed by atoms with Crippen molar-refractivity contribution in [2.75, 3.05) is 7.11 Å². The fourth-order valence-electron chi connectivity index (χ4n) is 4.59. The summed E-state index contributed by atoms with van der Waals surface area (Å²) in [5.41, 5.74) is 0.0318. The molecule has 1 aromatic carbocycles. The summed E-state index contributed by atoms with van der Waals surface area (Å²) in [4.78, 5) is 52.0. The number of amides is 3. The van der Waals surface area contributed by atoms with Crippen LogP contribution < -0.4 is 15.4 Å². The number of nitrogens with zero attached hydrogens (tertiary/aromatic N) is 1. The van der Waals surface area contributed by atoms with E-state index in [2.05, 4.69) is 15.4 Å². The molecule has 0 radical (unpaired) electrons. The molecule has 3 N–H and O–H groups in total. The van der Waals surface area contributed by atoms with Crippen LogP contribution in [0.25, 0.3) is 0 Å². The lowest BCUT2D eigenvalue weighted by Gasteiger charge is -2.34. The summed E-state index contributed by atoms with van der Waals surface area (Å²) in [5, 5.41) is 15.0. The first kappa shape index (κ1) is 23.7. The van der Waals surface area contributed by atoms with E-state index < -0.39 is 53.9 Å². The summed E-state index contributed by atoms with van der Waals surface area (Å²) in [6.07, 6.45) is 3.88. The van der Waals surface area contributed by atoms with Gasteiger partial charge in [0.1, 0.15) is 18.1 Å². The van der Waals surface area contributed by atoms with E-state index >= 15 is 0 Å². The Labute approximate surface area is 195 Å². The van der Waals surface area contributed by atoms with Gasteiger partial charge in [-0.3, -0.25) is 19.2 Å².